The van der Waals surface area contributed by atoms with Gasteiger partial charge < -0.3 is 19.9 Å². The fourth-order valence-corrected chi connectivity index (χ4v) is 4.61. The van der Waals surface area contributed by atoms with Gasteiger partial charge in [0, 0.05) is 33.0 Å². The van der Waals surface area contributed by atoms with Gasteiger partial charge in [-0.3, -0.25) is 4.79 Å². The van der Waals surface area contributed by atoms with E-state index in [-0.39, 0.29) is 28.4 Å². The van der Waals surface area contributed by atoms with E-state index in [0.29, 0.717) is 12.1 Å². The molecular formula is C25H35N2O3P. The van der Waals surface area contributed by atoms with E-state index in [1.54, 1.807) is 18.2 Å². The number of H-pyrrole nitrogens is 1. The van der Waals surface area contributed by atoms with Crippen molar-refractivity contribution in [1.82, 2.24) is 10.3 Å². The van der Waals surface area contributed by atoms with Gasteiger partial charge in [-0.2, -0.15) is 0 Å². The molecule has 1 heterocycles. The lowest BCUT2D eigenvalue weighted by atomic mass is 9.75. The van der Waals surface area contributed by atoms with Crippen LogP contribution >= 0.6 is 9.47 Å². The number of hydrogen-bond donors (Lipinski definition) is 3. The number of allylic oxidation sites excluding steroid dienone is 4. The third-order valence-corrected chi connectivity index (χ3v) is 5.71. The minimum absolute atomic E-state index is 0.0413. The first kappa shape index (κ1) is 25.1. The van der Waals surface area contributed by atoms with Crippen molar-refractivity contribution < 1.29 is 9.63 Å². The number of phenols is 1. The molecule has 0 spiro atoms. The van der Waals surface area contributed by atoms with Gasteiger partial charge in [-0.15, -0.1) is 0 Å². The summed E-state index contributed by atoms with van der Waals surface area (Å²) in [4.78, 5) is 14.4. The first-order valence-electron chi connectivity index (χ1n) is 10.4. The number of aromatic amines is 1. The number of phenolic OH excluding ortho intramolecular Hbond substituents is 1. The predicted molar refractivity (Wildman–Crippen MR) is 133 cm³/mol. The lowest BCUT2D eigenvalue weighted by molar-refractivity contribution is 0.181. The molecule has 0 aliphatic heterocycles. The number of aromatic nitrogens is 1. The molecule has 0 aliphatic rings. The van der Waals surface area contributed by atoms with Crippen molar-refractivity contribution in [1.29, 1.82) is 0 Å². The van der Waals surface area contributed by atoms with Crippen LogP contribution in [0.5, 0.6) is 5.75 Å². The molecule has 0 radical (unpaired) electrons. The van der Waals surface area contributed by atoms with Gasteiger partial charge in [0.15, 0.2) is 0 Å². The molecule has 0 saturated carbocycles. The highest BCUT2D eigenvalue weighted by Gasteiger charge is 2.30. The number of fused-ring (bicyclic) bond motifs is 1. The Labute approximate surface area is 187 Å². The zero-order valence-corrected chi connectivity index (χ0v) is 20.2. The number of nitrogens with one attached hydrogen (secondary N) is 2. The molecule has 0 saturated heterocycles. The molecular weight excluding hydrogens is 407 g/mol. The summed E-state index contributed by atoms with van der Waals surface area (Å²) in [7, 11) is 2.33. The molecule has 31 heavy (non-hydrogen) atoms. The van der Waals surface area contributed by atoms with Gasteiger partial charge in [0.25, 0.3) is 0 Å². The van der Waals surface area contributed by atoms with Gasteiger partial charge in [0.05, 0.1) is 11.6 Å². The molecule has 1 aromatic heterocycles. The fraction of sp³-hybridized carbons (Fsp3) is 0.400. The number of aromatic hydroxyl groups is 1. The van der Waals surface area contributed by atoms with E-state index in [1.165, 1.54) is 11.6 Å². The average Bonchev–Trinajstić information content (AvgIpc) is 2.68. The Morgan fingerprint density at radius 3 is 2.58 bits per heavy atom. The normalized spacial score (nSPS) is 13.9. The summed E-state index contributed by atoms with van der Waals surface area (Å²) in [6.07, 6.45) is 7.27. The maximum Gasteiger partial charge on any atom is 0.248 e. The van der Waals surface area contributed by atoms with Crippen LogP contribution in [0.4, 0.5) is 0 Å². The first-order chi connectivity index (χ1) is 14.5. The largest absolute Gasteiger partial charge is 0.506 e. The van der Waals surface area contributed by atoms with Gasteiger partial charge in [-0.25, -0.2) is 0 Å². The van der Waals surface area contributed by atoms with Crippen LogP contribution in [-0.4, -0.2) is 22.2 Å². The molecule has 2 rings (SSSR count). The summed E-state index contributed by atoms with van der Waals surface area (Å²) in [5, 5.41) is 14.5. The summed E-state index contributed by atoms with van der Waals surface area (Å²) in [6.45, 7) is 17.1. The molecule has 3 N–H and O–H groups in total. The van der Waals surface area contributed by atoms with Crippen LogP contribution in [0, 0.1) is 5.41 Å². The van der Waals surface area contributed by atoms with Crippen molar-refractivity contribution in [2.75, 3.05) is 6.54 Å². The molecule has 1 unspecified atom stereocenters. The Hall–Kier alpha value is -2.20. The first-order valence-corrected chi connectivity index (χ1v) is 10.9. The fourth-order valence-electron chi connectivity index (χ4n) is 4.36. The van der Waals surface area contributed by atoms with E-state index >= 15 is 0 Å². The SMILES string of the molecule is C=C/C=C(\C=C)CC(C)(C)CC(C)(C)NC[C@H](OP)c1ccc(O)c2[nH]c(=O)ccc12. The van der Waals surface area contributed by atoms with E-state index in [4.69, 9.17) is 4.52 Å². The number of pyridine rings is 1. The Bertz CT molecular complexity index is 1020. The molecule has 2 aromatic rings. The van der Waals surface area contributed by atoms with E-state index in [0.717, 1.165) is 23.8 Å². The average molecular weight is 443 g/mol. The smallest absolute Gasteiger partial charge is 0.248 e. The zero-order chi connectivity index (χ0) is 23.2. The second kappa shape index (κ2) is 10.4. The van der Waals surface area contributed by atoms with Crippen LogP contribution in [-0.2, 0) is 4.52 Å². The summed E-state index contributed by atoms with van der Waals surface area (Å²) in [5.74, 6) is 0.0413. The van der Waals surface area contributed by atoms with E-state index < -0.39 is 0 Å². The van der Waals surface area contributed by atoms with Crippen LogP contribution in [0.1, 0.15) is 52.2 Å². The molecule has 6 heteroatoms. The highest BCUT2D eigenvalue weighted by molar-refractivity contribution is 7.09. The van der Waals surface area contributed by atoms with E-state index in [1.807, 2.05) is 18.2 Å². The minimum Gasteiger partial charge on any atom is -0.506 e. The third kappa shape index (κ3) is 6.90. The maximum atomic E-state index is 11.7. The Balaban J connectivity index is 2.18. The van der Waals surface area contributed by atoms with Crippen LogP contribution in [0.15, 0.2) is 66.0 Å². The van der Waals surface area contributed by atoms with Gasteiger partial charge >= 0.3 is 0 Å². The second-order valence-corrected chi connectivity index (χ2v) is 9.65. The quantitative estimate of drug-likeness (QED) is 0.315. The third-order valence-electron chi connectivity index (χ3n) is 5.38. The van der Waals surface area contributed by atoms with Gasteiger partial charge in [-0.05, 0) is 55.4 Å². The van der Waals surface area contributed by atoms with Crippen molar-refractivity contribution in [2.45, 2.75) is 52.2 Å². The Kier molecular flexibility index (Phi) is 8.41. The monoisotopic (exact) mass is 442 g/mol. The maximum absolute atomic E-state index is 11.7. The molecule has 0 bridgehead atoms. The van der Waals surface area contributed by atoms with Crippen LogP contribution in [0.25, 0.3) is 10.9 Å². The van der Waals surface area contributed by atoms with Crippen molar-refractivity contribution in [3.63, 3.8) is 0 Å². The minimum atomic E-state index is -0.272. The van der Waals surface area contributed by atoms with Crippen molar-refractivity contribution >= 4 is 20.4 Å². The molecule has 0 fully saturated rings. The van der Waals surface area contributed by atoms with Crippen molar-refractivity contribution in [2.24, 2.45) is 5.41 Å². The molecule has 5 nitrogen and oxygen atoms in total. The second-order valence-electron chi connectivity index (χ2n) is 9.37. The number of benzene rings is 1. The lowest BCUT2D eigenvalue weighted by Crippen LogP contribution is -2.44. The Morgan fingerprint density at radius 2 is 1.97 bits per heavy atom. The van der Waals surface area contributed by atoms with E-state index in [9.17, 15) is 9.90 Å². The highest BCUT2D eigenvalue weighted by atomic mass is 31.0. The van der Waals surface area contributed by atoms with Crippen LogP contribution in [0.3, 0.4) is 0 Å². The molecule has 0 amide bonds. The highest BCUT2D eigenvalue weighted by Crippen LogP contribution is 2.36. The summed E-state index contributed by atoms with van der Waals surface area (Å²) in [5.41, 5.74) is 2.14. The summed E-state index contributed by atoms with van der Waals surface area (Å²) >= 11 is 0. The Morgan fingerprint density at radius 1 is 1.26 bits per heavy atom. The van der Waals surface area contributed by atoms with Crippen molar-refractivity contribution in [3.8, 4) is 5.75 Å². The number of hydrogen-bond acceptors (Lipinski definition) is 4. The molecule has 1 aromatic carbocycles. The lowest BCUT2D eigenvalue weighted by Gasteiger charge is -2.37. The van der Waals surface area contributed by atoms with Crippen LogP contribution in [0.2, 0.25) is 0 Å². The molecule has 168 valence electrons. The van der Waals surface area contributed by atoms with Crippen molar-refractivity contribution in [3.05, 3.63) is 77.1 Å². The summed E-state index contributed by atoms with van der Waals surface area (Å²) < 4.78 is 5.70. The van der Waals surface area contributed by atoms with Gasteiger partial charge in [-0.1, -0.05) is 51.3 Å². The molecule has 0 aliphatic carbocycles. The van der Waals surface area contributed by atoms with E-state index in [2.05, 4.69) is 60.6 Å². The predicted octanol–water partition coefficient (Wildman–Crippen LogP) is 5.55. The number of rotatable bonds is 11. The zero-order valence-electron chi connectivity index (χ0n) is 19.0. The van der Waals surface area contributed by atoms with Crippen LogP contribution < -0.4 is 10.9 Å². The standard InChI is InChI=1S/C25H35N2O3P/c1-7-9-17(8-2)14-24(3,4)16-25(5,6)26-15-21(30-31)18-10-12-20(28)23-19(18)11-13-22(29)27-23/h7-13,21,26,28H,1-2,14-16,31H2,3-6H3,(H,27,29)/b17-9+/t21-/m0/s1. The topological polar surface area (TPSA) is 74.3 Å². The van der Waals surface area contributed by atoms with Gasteiger partial charge in [0.2, 0.25) is 5.56 Å². The molecule has 2 atom stereocenters. The van der Waals surface area contributed by atoms with Gasteiger partial charge in [0.1, 0.15) is 5.75 Å². The summed E-state index contributed by atoms with van der Waals surface area (Å²) in [6, 6.07) is 6.59.